The van der Waals surface area contributed by atoms with Gasteiger partial charge in [0.05, 0.1) is 22.3 Å². The van der Waals surface area contributed by atoms with E-state index in [0.717, 1.165) is 24.4 Å². The molecule has 1 heterocycles. The Kier molecular flexibility index (Phi) is 6.05. The lowest BCUT2D eigenvalue weighted by Gasteiger charge is -2.26. The molecule has 0 amide bonds. The maximum absolute atomic E-state index is 6.41. The topological polar surface area (TPSA) is 124 Å². The molecule has 0 bridgehead atoms. The zero-order valence-corrected chi connectivity index (χ0v) is 16.0. The maximum atomic E-state index is 6.41. The highest BCUT2D eigenvalue weighted by molar-refractivity contribution is 6.39. The van der Waals surface area contributed by atoms with Crippen LogP contribution in [-0.2, 0) is 0 Å². The van der Waals surface area contributed by atoms with Crippen molar-refractivity contribution in [2.24, 2.45) is 33.1 Å². The molecule has 1 aliphatic rings. The minimum atomic E-state index is -0.180. The molecule has 0 radical (unpaired) electrons. The highest BCUT2D eigenvalue weighted by atomic mass is 35.5. The Hall–Kier alpha value is -2.48. The summed E-state index contributed by atoms with van der Waals surface area (Å²) in [6.07, 6.45) is 0. The van der Waals surface area contributed by atoms with Crippen LogP contribution in [-0.4, -0.2) is 31.6 Å². The fraction of sp³-hybridized carbons (Fsp3) is 0.222. The average Bonchev–Trinajstić information content (AvgIpc) is 2.53. The first kappa shape index (κ1) is 19.3. The van der Waals surface area contributed by atoms with Gasteiger partial charge in [-0.3, -0.25) is 0 Å². The predicted octanol–water partition coefficient (Wildman–Crippen LogP) is 2.48. The first-order valence-corrected chi connectivity index (χ1v) is 9.05. The van der Waals surface area contributed by atoms with Crippen LogP contribution in [0.5, 0.6) is 5.75 Å². The van der Waals surface area contributed by atoms with Crippen molar-refractivity contribution < 1.29 is 4.74 Å². The number of nitrogens with one attached hydrogen (secondary N) is 1. The molecular weight excluding hydrogens is 387 g/mol. The largest absolute Gasteiger partial charge is 0.493 e. The van der Waals surface area contributed by atoms with E-state index < -0.39 is 0 Å². The number of hydrogen-bond donors (Lipinski definition) is 4. The Morgan fingerprint density at radius 2 is 1.70 bits per heavy atom. The van der Waals surface area contributed by atoms with Gasteiger partial charge >= 0.3 is 0 Å². The molecule has 0 saturated carbocycles. The van der Waals surface area contributed by atoms with Crippen LogP contribution in [0.3, 0.4) is 0 Å². The van der Waals surface area contributed by atoms with E-state index in [1.807, 2.05) is 24.3 Å². The number of rotatable bonds is 5. The highest BCUT2D eigenvalue weighted by Crippen LogP contribution is 2.38. The molecule has 0 spiro atoms. The number of aliphatic imine (C=N–C) groups is 2. The van der Waals surface area contributed by atoms with E-state index in [9.17, 15) is 0 Å². The molecule has 0 atom stereocenters. The van der Waals surface area contributed by atoms with Gasteiger partial charge in [0.25, 0.3) is 0 Å². The summed E-state index contributed by atoms with van der Waals surface area (Å²) in [6, 6.07) is 10.9. The van der Waals surface area contributed by atoms with Crippen molar-refractivity contribution >= 4 is 40.8 Å². The third kappa shape index (κ3) is 5.03. The summed E-state index contributed by atoms with van der Waals surface area (Å²) >= 11 is 12.8. The Morgan fingerprint density at radius 1 is 1.07 bits per heavy atom. The van der Waals surface area contributed by atoms with Crippen molar-refractivity contribution in [3.8, 4) is 16.9 Å². The minimum Gasteiger partial charge on any atom is -0.493 e. The summed E-state index contributed by atoms with van der Waals surface area (Å²) in [4.78, 5) is 7.74. The summed E-state index contributed by atoms with van der Waals surface area (Å²) in [6.45, 7) is 2.72. The summed E-state index contributed by atoms with van der Waals surface area (Å²) in [5, 5.41) is 4.10. The van der Waals surface area contributed by atoms with Crippen molar-refractivity contribution in [1.82, 2.24) is 5.32 Å². The second-order valence-corrected chi connectivity index (χ2v) is 6.97. The minimum absolute atomic E-state index is 0.0851. The van der Waals surface area contributed by atoms with Crippen LogP contribution in [0.4, 0.5) is 5.69 Å². The normalized spacial score (nSPS) is 14.5. The van der Waals surface area contributed by atoms with E-state index in [2.05, 4.69) is 15.3 Å². The second-order valence-electron chi connectivity index (χ2n) is 6.15. The van der Waals surface area contributed by atoms with Crippen LogP contribution in [0.15, 0.2) is 46.4 Å². The molecule has 0 aliphatic carbocycles. The van der Waals surface area contributed by atoms with Crippen molar-refractivity contribution in [2.45, 2.75) is 0 Å². The Morgan fingerprint density at radius 3 is 2.22 bits per heavy atom. The smallest absolute Gasteiger partial charge is 0.223 e. The van der Waals surface area contributed by atoms with Gasteiger partial charge < -0.3 is 27.3 Å². The van der Waals surface area contributed by atoms with E-state index in [1.54, 1.807) is 12.1 Å². The van der Waals surface area contributed by atoms with Gasteiger partial charge in [0, 0.05) is 24.6 Å². The number of benzene rings is 2. The molecule has 2 aromatic carbocycles. The summed E-state index contributed by atoms with van der Waals surface area (Å²) in [7, 11) is 0. The summed E-state index contributed by atoms with van der Waals surface area (Å²) < 4.78 is 5.79. The van der Waals surface area contributed by atoms with Crippen LogP contribution < -0.4 is 27.3 Å². The molecule has 1 aliphatic heterocycles. The fourth-order valence-electron chi connectivity index (χ4n) is 2.59. The fourth-order valence-corrected chi connectivity index (χ4v) is 3.28. The number of guanidine groups is 2. The third-order valence-corrected chi connectivity index (χ3v) is 4.61. The Bertz CT molecular complexity index is 851. The van der Waals surface area contributed by atoms with Gasteiger partial charge in [0.2, 0.25) is 5.96 Å². The van der Waals surface area contributed by atoms with Gasteiger partial charge in [-0.15, -0.1) is 0 Å². The molecule has 2 aromatic rings. The molecule has 1 saturated heterocycles. The van der Waals surface area contributed by atoms with Gasteiger partial charge in [-0.1, -0.05) is 35.3 Å². The van der Waals surface area contributed by atoms with Gasteiger partial charge in [0.1, 0.15) is 5.75 Å². The van der Waals surface area contributed by atoms with Crippen molar-refractivity contribution in [1.29, 1.82) is 0 Å². The standard InChI is InChI=1S/C18H20Cl2N6O/c19-14-5-12(25-18(23)26-17(21)22)6-15(20)16(14)11-1-3-13(4-2-11)27-9-10-7-24-8-10/h1-6,10,24H,7-9H2,(H6,21,22,23,25,26). The predicted molar refractivity (Wildman–Crippen MR) is 111 cm³/mol. The number of nitrogens with two attached hydrogens (primary N) is 3. The number of halogens is 2. The molecule has 0 unspecified atom stereocenters. The first-order chi connectivity index (χ1) is 12.9. The lowest BCUT2D eigenvalue weighted by atomic mass is 10.0. The van der Waals surface area contributed by atoms with Crippen LogP contribution >= 0.6 is 23.2 Å². The highest BCUT2D eigenvalue weighted by Gasteiger charge is 2.17. The van der Waals surface area contributed by atoms with Crippen molar-refractivity contribution in [3.63, 3.8) is 0 Å². The van der Waals surface area contributed by atoms with E-state index in [1.165, 1.54) is 0 Å². The number of nitrogens with zero attached hydrogens (tertiary/aromatic N) is 2. The molecule has 7 N–H and O–H groups in total. The molecule has 3 rings (SSSR count). The number of hydrogen-bond acceptors (Lipinski definition) is 3. The van der Waals surface area contributed by atoms with Crippen LogP contribution in [0.1, 0.15) is 0 Å². The monoisotopic (exact) mass is 406 g/mol. The molecule has 142 valence electrons. The van der Waals surface area contributed by atoms with Crippen LogP contribution in [0.2, 0.25) is 10.0 Å². The zero-order valence-electron chi connectivity index (χ0n) is 14.5. The van der Waals surface area contributed by atoms with Gasteiger partial charge in [-0.05, 0) is 29.8 Å². The molecule has 1 fully saturated rings. The van der Waals surface area contributed by atoms with Crippen molar-refractivity contribution in [2.75, 3.05) is 19.7 Å². The van der Waals surface area contributed by atoms with Gasteiger partial charge in [0.15, 0.2) is 5.96 Å². The Labute approximate surface area is 167 Å². The lowest BCUT2D eigenvalue weighted by molar-refractivity contribution is 0.199. The van der Waals surface area contributed by atoms with E-state index in [0.29, 0.717) is 33.8 Å². The van der Waals surface area contributed by atoms with Gasteiger partial charge in [-0.25, -0.2) is 4.99 Å². The second kappa shape index (κ2) is 8.47. The van der Waals surface area contributed by atoms with E-state index >= 15 is 0 Å². The molecule has 9 heteroatoms. The summed E-state index contributed by atoms with van der Waals surface area (Å²) in [5.41, 5.74) is 18.2. The van der Waals surface area contributed by atoms with Gasteiger partial charge in [-0.2, -0.15) is 4.99 Å². The van der Waals surface area contributed by atoms with E-state index in [4.69, 9.17) is 45.1 Å². The average molecular weight is 407 g/mol. The first-order valence-electron chi connectivity index (χ1n) is 8.29. The number of ether oxygens (including phenoxy) is 1. The van der Waals surface area contributed by atoms with Crippen LogP contribution in [0.25, 0.3) is 11.1 Å². The molecule has 27 heavy (non-hydrogen) atoms. The SMILES string of the molecule is NC(N)=NC(N)=Nc1cc(Cl)c(-c2ccc(OCC3CNC3)cc2)c(Cl)c1. The molecule has 0 aromatic heterocycles. The molecular formula is C18H20Cl2N6O. The van der Waals surface area contributed by atoms with E-state index in [-0.39, 0.29) is 11.9 Å². The lowest BCUT2D eigenvalue weighted by Crippen LogP contribution is -2.45. The third-order valence-electron chi connectivity index (χ3n) is 4.01. The van der Waals surface area contributed by atoms with Crippen molar-refractivity contribution in [3.05, 3.63) is 46.4 Å². The molecule has 7 nitrogen and oxygen atoms in total. The Balaban J connectivity index is 1.78. The maximum Gasteiger partial charge on any atom is 0.223 e. The van der Waals surface area contributed by atoms with Crippen LogP contribution in [0, 0.1) is 5.92 Å². The zero-order chi connectivity index (χ0) is 19.4. The summed E-state index contributed by atoms with van der Waals surface area (Å²) in [5.74, 6) is 1.12. The quantitative estimate of drug-likeness (QED) is 0.448.